The summed E-state index contributed by atoms with van der Waals surface area (Å²) in [6, 6.07) is 16.5. The Morgan fingerprint density at radius 3 is 2.57 bits per heavy atom. The molecule has 0 radical (unpaired) electrons. The maximum Gasteiger partial charge on any atom is 0.126 e. The van der Waals surface area contributed by atoms with E-state index in [9.17, 15) is 10.5 Å². The van der Waals surface area contributed by atoms with Crippen LogP contribution in [-0.4, -0.2) is 4.98 Å². The topological polar surface area (TPSA) is 60.5 Å². The van der Waals surface area contributed by atoms with Crippen LogP contribution in [0.5, 0.6) is 0 Å². The van der Waals surface area contributed by atoms with Crippen molar-refractivity contribution in [3.05, 3.63) is 64.2 Å². The summed E-state index contributed by atoms with van der Waals surface area (Å²) in [5.74, 6) is 0. The lowest BCUT2D eigenvalue weighted by molar-refractivity contribution is 0.611. The smallest absolute Gasteiger partial charge is 0.126 e. The van der Waals surface area contributed by atoms with Gasteiger partial charge in [0.15, 0.2) is 0 Å². The molecule has 0 amide bonds. The molecule has 0 saturated carbocycles. The highest BCUT2D eigenvalue weighted by Gasteiger charge is 2.24. The number of aromatic nitrogens is 1. The Labute approximate surface area is 183 Å². The first kappa shape index (κ1) is 19.0. The third kappa shape index (κ3) is 3.21. The average molecular weight is 426 g/mol. The maximum absolute atomic E-state index is 10.2. The Kier molecular flexibility index (Phi) is 5.09. The van der Waals surface area contributed by atoms with Crippen molar-refractivity contribution in [2.24, 2.45) is 0 Å². The lowest BCUT2D eigenvalue weighted by Crippen LogP contribution is -2.05. The Morgan fingerprint density at radius 2 is 1.80 bits per heavy atom. The third-order valence-electron chi connectivity index (χ3n) is 5.75. The number of hydrogen-bond donors (Lipinski definition) is 0. The minimum atomic E-state index is 0.604. The summed E-state index contributed by atoms with van der Waals surface area (Å²) in [4.78, 5) is 8.15. The summed E-state index contributed by atoms with van der Waals surface area (Å²) >= 11 is 3.31. The molecule has 4 aromatic rings. The molecule has 0 aliphatic heterocycles. The Morgan fingerprint density at radius 1 is 0.933 bits per heavy atom. The van der Waals surface area contributed by atoms with E-state index in [1.807, 2.05) is 18.2 Å². The molecule has 0 N–H and O–H groups in total. The lowest BCUT2D eigenvalue weighted by atomic mass is 9.90. The number of hydrogen-bond acceptors (Lipinski definition) is 5. The van der Waals surface area contributed by atoms with Crippen molar-refractivity contribution in [2.75, 3.05) is 0 Å². The Hall–Kier alpha value is -2.99. The second-order valence-electron chi connectivity index (χ2n) is 7.59. The zero-order chi connectivity index (χ0) is 20.5. The second kappa shape index (κ2) is 8.03. The molecule has 0 fully saturated rings. The first-order valence-electron chi connectivity index (χ1n) is 10.2. The van der Waals surface area contributed by atoms with Gasteiger partial charge in [-0.3, -0.25) is 0 Å². The van der Waals surface area contributed by atoms with Crippen LogP contribution < -0.4 is 0 Å². The summed E-state index contributed by atoms with van der Waals surface area (Å²) in [5.41, 5.74) is 5.95. The molecule has 146 valence electrons. The van der Waals surface area contributed by atoms with E-state index in [1.165, 1.54) is 47.4 Å². The molecule has 5 rings (SSSR count). The second-order valence-corrected chi connectivity index (χ2v) is 9.54. The maximum atomic E-state index is 10.2. The van der Waals surface area contributed by atoms with Crippen LogP contribution in [0.25, 0.3) is 31.1 Å². The fraction of sp³-hybridized carbons (Fsp3) is 0.240. The van der Waals surface area contributed by atoms with Gasteiger partial charge < -0.3 is 0 Å². The van der Waals surface area contributed by atoms with Crippen LogP contribution in [0.2, 0.25) is 0 Å². The predicted octanol–water partition coefficient (Wildman–Crippen LogP) is 7.09. The summed E-state index contributed by atoms with van der Waals surface area (Å²) in [6.45, 7) is 0. The number of benzene rings is 1. The van der Waals surface area contributed by atoms with Gasteiger partial charge in [0.25, 0.3) is 0 Å². The van der Waals surface area contributed by atoms with Gasteiger partial charge in [-0.15, -0.1) is 22.7 Å². The van der Waals surface area contributed by atoms with Gasteiger partial charge in [0.1, 0.15) is 10.9 Å². The monoisotopic (exact) mass is 425 g/mol. The van der Waals surface area contributed by atoms with Gasteiger partial charge in [0, 0.05) is 21.5 Å². The molecule has 3 heterocycles. The summed E-state index contributed by atoms with van der Waals surface area (Å²) in [6.07, 6.45) is 6.87. The molecule has 0 spiro atoms. The predicted molar refractivity (Wildman–Crippen MR) is 124 cm³/mol. The quantitative estimate of drug-likeness (QED) is 0.344. The van der Waals surface area contributed by atoms with E-state index in [0.717, 1.165) is 33.5 Å². The largest absolute Gasteiger partial charge is 0.242 e. The Bertz CT molecular complexity index is 1320. The van der Waals surface area contributed by atoms with Gasteiger partial charge in [0.05, 0.1) is 22.1 Å². The minimum Gasteiger partial charge on any atom is -0.242 e. The molecule has 1 aliphatic rings. The van der Waals surface area contributed by atoms with Crippen molar-refractivity contribution in [3.63, 3.8) is 0 Å². The van der Waals surface area contributed by atoms with E-state index in [0.29, 0.717) is 11.1 Å². The van der Waals surface area contributed by atoms with E-state index in [4.69, 9.17) is 4.98 Å². The standard InChI is InChI=1S/C25H19N3S2/c26-14-16-7-5-8-17(13-16)24-19(15-27)23-22(21-11-6-12-29-21)18-9-3-1-2-4-10-20(18)28-25(23)30-24/h5-8,11-13H,1-4,9-10H2. The minimum absolute atomic E-state index is 0.604. The van der Waals surface area contributed by atoms with E-state index >= 15 is 0 Å². The highest BCUT2D eigenvalue weighted by molar-refractivity contribution is 7.22. The third-order valence-corrected chi connectivity index (χ3v) is 7.77. The SMILES string of the molecule is N#Cc1cccc(-c2sc3nc4c(c(-c5cccs5)c3c2C#N)CCCCCC4)c1. The molecule has 30 heavy (non-hydrogen) atoms. The molecular formula is C25H19N3S2. The number of pyridine rings is 1. The molecular weight excluding hydrogens is 406 g/mol. The Balaban J connectivity index is 1.86. The average Bonchev–Trinajstić information content (AvgIpc) is 3.41. The lowest BCUT2D eigenvalue weighted by Gasteiger charge is -2.17. The van der Waals surface area contributed by atoms with Crippen LogP contribution in [0.3, 0.4) is 0 Å². The number of rotatable bonds is 2. The molecule has 0 atom stereocenters. The summed E-state index contributed by atoms with van der Waals surface area (Å²) in [5, 5.41) is 22.6. The van der Waals surface area contributed by atoms with Crippen molar-refractivity contribution in [3.8, 4) is 33.0 Å². The molecule has 5 heteroatoms. The van der Waals surface area contributed by atoms with Gasteiger partial charge in [-0.2, -0.15) is 10.5 Å². The van der Waals surface area contributed by atoms with E-state index in [1.54, 1.807) is 28.7 Å². The van der Waals surface area contributed by atoms with Crippen LogP contribution in [0, 0.1) is 22.7 Å². The van der Waals surface area contributed by atoms with Gasteiger partial charge in [0.2, 0.25) is 0 Å². The fourth-order valence-electron chi connectivity index (χ4n) is 4.37. The van der Waals surface area contributed by atoms with Crippen LogP contribution in [0.4, 0.5) is 0 Å². The van der Waals surface area contributed by atoms with Crippen LogP contribution in [-0.2, 0) is 12.8 Å². The van der Waals surface area contributed by atoms with E-state index in [-0.39, 0.29) is 0 Å². The normalized spacial score (nSPS) is 13.8. The van der Waals surface area contributed by atoms with E-state index in [2.05, 4.69) is 29.7 Å². The van der Waals surface area contributed by atoms with Crippen molar-refractivity contribution in [1.29, 1.82) is 10.5 Å². The molecule has 3 aromatic heterocycles. The molecule has 3 nitrogen and oxygen atoms in total. The van der Waals surface area contributed by atoms with Gasteiger partial charge in [-0.25, -0.2) is 4.98 Å². The number of thiophene rings is 2. The summed E-state index contributed by atoms with van der Waals surface area (Å²) < 4.78 is 0. The van der Waals surface area contributed by atoms with Crippen molar-refractivity contribution in [1.82, 2.24) is 4.98 Å². The molecule has 1 aromatic carbocycles. The van der Waals surface area contributed by atoms with Crippen molar-refractivity contribution < 1.29 is 0 Å². The number of nitrogens with zero attached hydrogens (tertiary/aromatic N) is 3. The van der Waals surface area contributed by atoms with Gasteiger partial charge >= 0.3 is 0 Å². The molecule has 1 aliphatic carbocycles. The van der Waals surface area contributed by atoms with Crippen molar-refractivity contribution in [2.45, 2.75) is 38.5 Å². The molecule has 0 unspecified atom stereocenters. The molecule has 0 saturated heterocycles. The van der Waals surface area contributed by atoms with E-state index < -0.39 is 0 Å². The van der Waals surface area contributed by atoms with Crippen LogP contribution in [0.1, 0.15) is 48.1 Å². The first-order valence-corrected chi connectivity index (χ1v) is 11.9. The highest BCUT2D eigenvalue weighted by Crippen LogP contribution is 2.46. The zero-order valence-electron chi connectivity index (χ0n) is 16.4. The first-order chi connectivity index (χ1) is 14.8. The van der Waals surface area contributed by atoms with Gasteiger partial charge in [-0.1, -0.05) is 31.0 Å². The number of nitriles is 2. The van der Waals surface area contributed by atoms with Crippen LogP contribution >= 0.6 is 22.7 Å². The highest BCUT2D eigenvalue weighted by atomic mass is 32.1. The molecule has 0 bridgehead atoms. The fourth-order valence-corrected chi connectivity index (χ4v) is 6.33. The summed E-state index contributed by atoms with van der Waals surface area (Å²) in [7, 11) is 0. The van der Waals surface area contributed by atoms with Crippen LogP contribution in [0.15, 0.2) is 41.8 Å². The van der Waals surface area contributed by atoms with Crippen molar-refractivity contribution >= 4 is 32.9 Å². The zero-order valence-corrected chi connectivity index (χ0v) is 18.1. The van der Waals surface area contributed by atoms with Gasteiger partial charge in [-0.05, 0) is 60.4 Å². The number of aryl methyl sites for hydroxylation is 1. The number of fused-ring (bicyclic) bond motifs is 2.